The van der Waals surface area contributed by atoms with Crippen molar-refractivity contribution < 1.29 is 14.1 Å². The number of H-pyrrole nitrogens is 1. The molecule has 0 spiro atoms. The lowest BCUT2D eigenvalue weighted by Gasteiger charge is -2.40. The first-order valence-electron chi connectivity index (χ1n) is 12.7. The molecule has 39 heavy (non-hydrogen) atoms. The fourth-order valence-corrected chi connectivity index (χ4v) is 4.52. The van der Waals surface area contributed by atoms with E-state index in [0.717, 1.165) is 41.8 Å². The minimum atomic E-state index is -0.616. The number of carbonyl (C=O) groups excluding carboxylic acids is 1. The number of amides is 1. The number of rotatable bonds is 9. The highest BCUT2D eigenvalue weighted by Gasteiger charge is 2.34. The maximum atomic E-state index is 13.7. The molecule has 1 aliphatic heterocycles. The third kappa shape index (κ3) is 5.42. The number of benzene rings is 1. The van der Waals surface area contributed by atoms with Crippen molar-refractivity contribution in [3.63, 3.8) is 0 Å². The molecule has 1 atom stereocenters. The summed E-state index contributed by atoms with van der Waals surface area (Å²) in [6, 6.07) is 11.4. The van der Waals surface area contributed by atoms with Gasteiger partial charge in [-0.3, -0.25) is 24.2 Å². The monoisotopic (exact) mass is 527 g/mol. The molecule has 1 aromatic carbocycles. The first kappa shape index (κ1) is 25.8. The molecule has 5 rings (SSSR count). The number of carbonyl (C=O) groups is 1. The van der Waals surface area contributed by atoms with Gasteiger partial charge in [0, 0.05) is 47.8 Å². The van der Waals surface area contributed by atoms with Crippen molar-refractivity contribution in [2.24, 2.45) is 0 Å². The number of anilines is 1. The average Bonchev–Trinajstić information content (AvgIpc) is 3.41. The molecule has 4 aromatic rings. The number of aromatic amines is 1. The quantitative estimate of drug-likeness (QED) is 0.345. The van der Waals surface area contributed by atoms with E-state index < -0.39 is 5.76 Å². The molecule has 1 N–H and O–H groups in total. The summed E-state index contributed by atoms with van der Waals surface area (Å²) in [5.74, 6) is 0.419. The van der Waals surface area contributed by atoms with Crippen molar-refractivity contribution in [2.45, 2.75) is 39.3 Å². The standard InChI is InChI=1S/C28H29N7O4/c1-4-5-12-34-17-20(26(36)35(18(34)2)27-30-15-22(38-3)16-31-27)13-21-11-10-19(14-29-21)23-8-6-7-9-24(23)25-32-28(37)39-33-25/h6-11,14-18H,4-5,12-13H2,1-3H3,(H,32,33,37). The highest BCUT2D eigenvalue weighted by Crippen LogP contribution is 2.30. The molecule has 0 aliphatic carbocycles. The Bertz CT molecular complexity index is 1530. The van der Waals surface area contributed by atoms with Crippen molar-refractivity contribution in [2.75, 3.05) is 18.6 Å². The zero-order valence-corrected chi connectivity index (χ0v) is 22.0. The number of nitrogens with one attached hydrogen (secondary N) is 1. The van der Waals surface area contributed by atoms with E-state index in [1.165, 1.54) is 0 Å². The van der Waals surface area contributed by atoms with Gasteiger partial charge in [0.1, 0.15) is 6.17 Å². The smallest absolute Gasteiger partial charge is 0.439 e. The number of aromatic nitrogens is 5. The summed E-state index contributed by atoms with van der Waals surface area (Å²) >= 11 is 0. The highest BCUT2D eigenvalue weighted by molar-refractivity contribution is 6.06. The second kappa shape index (κ2) is 11.3. The average molecular weight is 528 g/mol. The van der Waals surface area contributed by atoms with Gasteiger partial charge in [0.2, 0.25) is 5.95 Å². The largest absolute Gasteiger partial charge is 0.494 e. The van der Waals surface area contributed by atoms with E-state index in [1.54, 1.807) is 30.6 Å². The van der Waals surface area contributed by atoms with Crippen LogP contribution in [0.1, 0.15) is 32.4 Å². The Morgan fingerprint density at radius 2 is 1.79 bits per heavy atom. The summed E-state index contributed by atoms with van der Waals surface area (Å²) < 4.78 is 9.86. The molecule has 3 aromatic heterocycles. The van der Waals surface area contributed by atoms with Crippen LogP contribution in [-0.4, -0.2) is 55.7 Å². The van der Waals surface area contributed by atoms with Gasteiger partial charge in [0.15, 0.2) is 11.6 Å². The van der Waals surface area contributed by atoms with Gasteiger partial charge in [0.05, 0.1) is 19.5 Å². The van der Waals surface area contributed by atoms with Crippen LogP contribution in [-0.2, 0) is 11.2 Å². The zero-order valence-electron chi connectivity index (χ0n) is 22.0. The van der Waals surface area contributed by atoms with Gasteiger partial charge in [0.25, 0.3) is 5.91 Å². The molecular weight excluding hydrogens is 498 g/mol. The van der Waals surface area contributed by atoms with E-state index in [2.05, 4.69) is 41.4 Å². The number of pyridine rings is 1. The van der Waals surface area contributed by atoms with E-state index in [4.69, 9.17) is 4.74 Å². The summed E-state index contributed by atoms with van der Waals surface area (Å²) in [6.45, 7) is 4.91. The lowest BCUT2D eigenvalue weighted by Crippen LogP contribution is -2.53. The third-order valence-electron chi connectivity index (χ3n) is 6.63. The molecule has 0 bridgehead atoms. The first-order chi connectivity index (χ1) is 19.0. The normalized spacial score (nSPS) is 15.4. The van der Waals surface area contributed by atoms with E-state index in [1.807, 2.05) is 49.5 Å². The van der Waals surface area contributed by atoms with E-state index in [-0.39, 0.29) is 12.1 Å². The number of nitrogens with zero attached hydrogens (tertiary/aromatic N) is 6. The third-order valence-corrected chi connectivity index (χ3v) is 6.63. The number of methoxy groups -OCH3 is 1. The molecule has 0 saturated carbocycles. The van der Waals surface area contributed by atoms with Gasteiger partial charge in [-0.1, -0.05) is 48.8 Å². The van der Waals surface area contributed by atoms with Gasteiger partial charge >= 0.3 is 5.76 Å². The maximum absolute atomic E-state index is 13.7. The topological polar surface area (TPSA) is 130 Å². The predicted octanol–water partition coefficient (Wildman–Crippen LogP) is 3.81. The van der Waals surface area contributed by atoms with Crippen LogP contribution in [0.25, 0.3) is 22.5 Å². The van der Waals surface area contributed by atoms with Crippen LogP contribution in [0.4, 0.5) is 5.95 Å². The number of hydrogen-bond acceptors (Lipinski definition) is 9. The number of ether oxygens (including phenoxy) is 1. The Morgan fingerprint density at radius 3 is 2.44 bits per heavy atom. The summed E-state index contributed by atoms with van der Waals surface area (Å²) in [4.78, 5) is 44.9. The lowest BCUT2D eigenvalue weighted by atomic mass is 9.99. The van der Waals surface area contributed by atoms with Crippen LogP contribution in [0.15, 0.2) is 76.1 Å². The SMILES string of the molecule is CCCCN1C=C(Cc2ccc(-c3ccccc3-c3noc(=O)[nH]3)cn2)C(=O)N(c2ncc(OC)cn2)C1C. The highest BCUT2D eigenvalue weighted by atomic mass is 16.5. The van der Waals surface area contributed by atoms with Gasteiger partial charge in [-0.25, -0.2) is 14.8 Å². The Balaban J connectivity index is 1.42. The minimum Gasteiger partial charge on any atom is -0.494 e. The van der Waals surface area contributed by atoms with E-state index in [0.29, 0.717) is 29.5 Å². The molecule has 0 saturated heterocycles. The van der Waals surface area contributed by atoms with Crippen LogP contribution in [0.2, 0.25) is 0 Å². The number of unbranched alkanes of at least 4 members (excludes halogenated alkanes) is 1. The molecule has 1 aliphatic rings. The predicted molar refractivity (Wildman–Crippen MR) is 145 cm³/mol. The fraction of sp³-hybridized carbons (Fsp3) is 0.286. The summed E-state index contributed by atoms with van der Waals surface area (Å²) in [6.07, 6.45) is 8.94. The molecule has 0 radical (unpaired) electrons. The molecule has 1 unspecified atom stereocenters. The van der Waals surface area contributed by atoms with Crippen molar-refractivity contribution in [3.8, 4) is 28.3 Å². The van der Waals surface area contributed by atoms with Crippen LogP contribution in [0.5, 0.6) is 5.75 Å². The Morgan fingerprint density at radius 1 is 1.03 bits per heavy atom. The Hall–Kier alpha value is -4.80. The van der Waals surface area contributed by atoms with Crippen LogP contribution in [0, 0.1) is 0 Å². The second-order valence-electron chi connectivity index (χ2n) is 9.18. The molecule has 11 heteroatoms. The number of hydrogen-bond donors (Lipinski definition) is 1. The van der Waals surface area contributed by atoms with Gasteiger partial charge in [-0.05, 0) is 25.0 Å². The Kier molecular flexibility index (Phi) is 7.48. The minimum absolute atomic E-state index is 0.161. The zero-order chi connectivity index (χ0) is 27.4. The van der Waals surface area contributed by atoms with Gasteiger partial charge < -0.3 is 9.64 Å². The molecule has 200 valence electrons. The van der Waals surface area contributed by atoms with Gasteiger partial charge in [-0.2, -0.15) is 0 Å². The Labute approximate surface area is 225 Å². The van der Waals surface area contributed by atoms with Crippen molar-refractivity contribution in [1.82, 2.24) is 30.0 Å². The second-order valence-corrected chi connectivity index (χ2v) is 9.18. The van der Waals surface area contributed by atoms with Crippen molar-refractivity contribution in [3.05, 3.63) is 83.0 Å². The van der Waals surface area contributed by atoms with E-state index in [9.17, 15) is 9.59 Å². The van der Waals surface area contributed by atoms with Crippen LogP contribution in [0.3, 0.4) is 0 Å². The molecule has 0 fully saturated rings. The first-order valence-corrected chi connectivity index (χ1v) is 12.7. The summed E-state index contributed by atoms with van der Waals surface area (Å²) in [7, 11) is 1.55. The maximum Gasteiger partial charge on any atom is 0.439 e. The summed E-state index contributed by atoms with van der Waals surface area (Å²) in [5, 5.41) is 3.82. The van der Waals surface area contributed by atoms with Gasteiger partial charge in [-0.15, -0.1) is 0 Å². The molecule has 4 heterocycles. The summed E-state index contributed by atoms with van der Waals surface area (Å²) in [5.41, 5.74) is 3.75. The molecule has 11 nitrogen and oxygen atoms in total. The lowest BCUT2D eigenvalue weighted by molar-refractivity contribution is -0.117. The van der Waals surface area contributed by atoms with Crippen LogP contribution >= 0.6 is 0 Å². The van der Waals surface area contributed by atoms with Crippen LogP contribution < -0.4 is 15.4 Å². The molecule has 1 amide bonds. The van der Waals surface area contributed by atoms with Crippen molar-refractivity contribution >= 4 is 11.9 Å². The van der Waals surface area contributed by atoms with Crippen molar-refractivity contribution in [1.29, 1.82) is 0 Å². The molecular formula is C28H29N7O4. The van der Waals surface area contributed by atoms with E-state index >= 15 is 0 Å². The fourth-order valence-electron chi connectivity index (χ4n) is 4.52.